The quantitative estimate of drug-likeness (QED) is 0.624. The number of aryl methyl sites for hydroxylation is 2. The highest BCUT2D eigenvalue weighted by atomic mass is 32.1. The van der Waals surface area contributed by atoms with Crippen LogP contribution in [0.4, 0.5) is 5.13 Å². The van der Waals surface area contributed by atoms with E-state index in [0.29, 0.717) is 0 Å². The van der Waals surface area contributed by atoms with Crippen LogP contribution in [0.15, 0.2) is 48.5 Å². The van der Waals surface area contributed by atoms with Gasteiger partial charge in [0.1, 0.15) is 0 Å². The van der Waals surface area contributed by atoms with Gasteiger partial charge in [-0.2, -0.15) is 0 Å². The van der Waals surface area contributed by atoms with E-state index >= 15 is 0 Å². The highest BCUT2D eigenvalue weighted by Gasteiger charge is 2.26. The number of thiazole rings is 1. The zero-order valence-electron chi connectivity index (χ0n) is 16.4. The van der Waals surface area contributed by atoms with E-state index in [1.165, 1.54) is 15.8 Å². The molecule has 1 aromatic heterocycles. The number of piperidine rings is 1. The van der Waals surface area contributed by atoms with Crippen molar-refractivity contribution in [2.45, 2.75) is 32.6 Å². The van der Waals surface area contributed by atoms with Gasteiger partial charge in [0, 0.05) is 25.6 Å². The Bertz CT molecular complexity index is 929. The number of hydrogen-bond acceptors (Lipinski definition) is 4. The second-order valence-electron chi connectivity index (χ2n) is 7.61. The molecule has 0 spiro atoms. The Hall–Kier alpha value is -2.40. The molecule has 146 valence electrons. The van der Waals surface area contributed by atoms with Gasteiger partial charge in [-0.25, -0.2) is 4.98 Å². The highest BCUT2D eigenvalue weighted by Crippen LogP contribution is 2.32. The average molecular weight is 394 g/mol. The molecule has 4 nitrogen and oxygen atoms in total. The predicted molar refractivity (Wildman–Crippen MR) is 117 cm³/mol. The smallest absolute Gasteiger partial charge is 0.223 e. The molecule has 0 bridgehead atoms. The van der Waals surface area contributed by atoms with Gasteiger partial charge in [0.25, 0.3) is 0 Å². The van der Waals surface area contributed by atoms with Crippen LogP contribution in [0.25, 0.3) is 10.2 Å². The van der Waals surface area contributed by atoms with Crippen LogP contribution in [0, 0.1) is 12.8 Å². The number of carbonyl (C=O) groups excluding carboxylic acids is 1. The van der Waals surface area contributed by atoms with Crippen LogP contribution in [0.2, 0.25) is 0 Å². The van der Waals surface area contributed by atoms with Crippen molar-refractivity contribution in [1.29, 1.82) is 0 Å². The maximum absolute atomic E-state index is 12.5. The van der Waals surface area contributed by atoms with E-state index in [9.17, 15) is 4.79 Å². The molecule has 28 heavy (non-hydrogen) atoms. The lowest BCUT2D eigenvalue weighted by Gasteiger charge is -2.31. The van der Waals surface area contributed by atoms with Gasteiger partial charge in [-0.1, -0.05) is 47.7 Å². The minimum absolute atomic E-state index is 0.129. The summed E-state index contributed by atoms with van der Waals surface area (Å²) >= 11 is 1.76. The lowest BCUT2D eigenvalue weighted by Crippen LogP contribution is -2.40. The van der Waals surface area contributed by atoms with Crippen LogP contribution in [-0.4, -0.2) is 30.5 Å². The fraction of sp³-hybridized carbons (Fsp3) is 0.391. The molecule has 1 fully saturated rings. The van der Waals surface area contributed by atoms with Gasteiger partial charge in [-0.05, 0) is 55.9 Å². The lowest BCUT2D eigenvalue weighted by molar-refractivity contribution is -0.125. The van der Waals surface area contributed by atoms with E-state index < -0.39 is 0 Å². The molecule has 4 rings (SSSR count). The lowest BCUT2D eigenvalue weighted by atomic mass is 9.96. The fourth-order valence-corrected chi connectivity index (χ4v) is 4.90. The van der Waals surface area contributed by atoms with Crippen molar-refractivity contribution < 1.29 is 4.79 Å². The molecule has 1 saturated heterocycles. The maximum atomic E-state index is 12.5. The van der Waals surface area contributed by atoms with E-state index in [1.807, 2.05) is 6.07 Å². The summed E-state index contributed by atoms with van der Waals surface area (Å²) < 4.78 is 1.24. The molecule has 2 heterocycles. The molecule has 0 radical (unpaired) electrons. The number of hydrogen-bond donors (Lipinski definition) is 1. The van der Waals surface area contributed by atoms with Crippen LogP contribution < -0.4 is 10.2 Å². The molecule has 1 aliphatic heterocycles. The summed E-state index contributed by atoms with van der Waals surface area (Å²) in [6.07, 6.45) is 3.80. The van der Waals surface area contributed by atoms with Crippen LogP contribution in [0.5, 0.6) is 0 Å². The number of nitrogens with zero attached hydrogens (tertiary/aromatic N) is 2. The van der Waals surface area contributed by atoms with Crippen molar-refractivity contribution in [1.82, 2.24) is 10.3 Å². The summed E-state index contributed by atoms with van der Waals surface area (Å²) in [6.45, 7) is 4.68. The number of rotatable bonds is 6. The first kappa shape index (κ1) is 18.9. The van der Waals surface area contributed by atoms with Gasteiger partial charge in [-0.15, -0.1) is 0 Å². The molecule has 1 aliphatic rings. The van der Waals surface area contributed by atoms with Gasteiger partial charge in [0.2, 0.25) is 5.91 Å². The van der Waals surface area contributed by atoms with Gasteiger partial charge < -0.3 is 10.2 Å². The Morgan fingerprint density at radius 3 is 2.75 bits per heavy atom. The van der Waals surface area contributed by atoms with Crippen molar-refractivity contribution in [2.24, 2.45) is 5.92 Å². The largest absolute Gasteiger partial charge is 0.356 e. The van der Waals surface area contributed by atoms with Crippen molar-refractivity contribution in [3.05, 3.63) is 59.7 Å². The fourth-order valence-electron chi connectivity index (χ4n) is 3.78. The van der Waals surface area contributed by atoms with Gasteiger partial charge in [0.05, 0.1) is 10.2 Å². The summed E-state index contributed by atoms with van der Waals surface area (Å²) in [5.74, 6) is 0.345. The molecule has 5 heteroatoms. The first-order valence-electron chi connectivity index (χ1n) is 10.1. The number of carbonyl (C=O) groups is 1. The number of amides is 1. The van der Waals surface area contributed by atoms with E-state index in [4.69, 9.17) is 4.98 Å². The van der Waals surface area contributed by atoms with Gasteiger partial charge in [0.15, 0.2) is 5.13 Å². The Labute approximate surface area is 170 Å². The molecule has 2 aromatic carbocycles. The first-order chi connectivity index (χ1) is 13.7. The number of nitrogens with one attached hydrogen (secondary N) is 1. The van der Waals surface area contributed by atoms with Crippen LogP contribution in [0.1, 0.15) is 30.4 Å². The minimum atomic E-state index is 0.129. The van der Waals surface area contributed by atoms with Crippen molar-refractivity contribution in [3.8, 4) is 0 Å². The van der Waals surface area contributed by atoms with Gasteiger partial charge >= 0.3 is 0 Å². The number of benzene rings is 2. The van der Waals surface area contributed by atoms with Gasteiger partial charge in [-0.3, -0.25) is 4.79 Å². The number of aromatic nitrogens is 1. The third kappa shape index (κ3) is 4.53. The Balaban J connectivity index is 1.23. The second kappa shape index (κ2) is 8.74. The molecule has 0 atom stereocenters. The summed E-state index contributed by atoms with van der Waals surface area (Å²) in [5, 5.41) is 4.22. The second-order valence-corrected chi connectivity index (χ2v) is 8.62. The zero-order valence-corrected chi connectivity index (χ0v) is 17.2. The number of anilines is 1. The van der Waals surface area contributed by atoms with Crippen LogP contribution >= 0.6 is 11.3 Å². The molecule has 0 saturated carbocycles. The first-order valence-corrected chi connectivity index (χ1v) is 10.9. The minimum Gasteiger partial charge on any atom is -0.356 e. The Morgan fingerprint density at radius 2 is 1.96 bits per heavy atom. The van der Waals surface area contributed by atoms with Crippen molar-refractivity contribution in [2.75, 3.05) is 24.5 Å². The average Bonchev–Trinajstić information content (AvgIpc) is 3.15. The molecular formula is C23H27N3OS. The predicted octanol–water partition coefficient (Wildman–Crippen LogP) is 4.57. The van der Waals surface area contributed by atoms with Crippen LogP contribution in [-0.2, 0) is 11.2 Å². The number of fused-ring (bicyclic) bond motifs is 1. The standard InChI is InChI=1S/C23H27N3OS/c1-17-9-10-20-21(16-17)28-23(25-20)26-14-11-19(12-15-26)22(27)24-13-5-8-18-6-3-2-4-7-18/h2-4,6-7,9-10,16,19H,5,8,11-15H2,1H3,(H,24,27). The normalized spacial score (nSPS) is 15.1. The summed E-state index contributed by atoms with van der Waals surface area (Å²) in [4.78, 5) is 19.6. The molecular weight excluding hydrogens is 366 g/mol. The zero-order chi connectivity index (χ0) is 19.3. The third-order valence-corrected chi connectivity index (χ3v) is 6.53. The molecule has 0 unspecified atom stereocenters. The molecule has 3 aromatic rings. The van der Waals surface area contributed by atoms with E-state index in [2.05, 4.69) is 59.6 Å². The van der Waals surface area contributed by atoms with E-state index in [-0.39, 0.29) is 11.8 Å². The van der Waals surface area contributed by atoms with Crippen molar-refractivity contribution >= 4 is 32.6 Å². The summed E-state index contributed by atoms with van der Waals surface area (Å²) in [7, 11) is 0. The molecule has 1 amide bonds. The Kier molecular flexibility index (Phi) is 5.91. The third-order valence-electron chi connectivity index (χ3n) is 5.45. The maximum Gasteiger partial charge on any atom is 0.223 e. The summed E-state index contributed by atoms with van der Waals surface area (Å²) in [6, 6.07) is 16.9. The van der Waals surface area contributed by atoms with Crippen LogP contribution in [0.3, 0.4) is 0 Å². The molecule has 0 aliphatic carbocycles. The SMILES string of the molecule is Cc1ccc2nc(N3CCC(C(=O)NCCCc4ccccc4)CC3)sc2c1. The van der Waals surface area contributed by atoms with Crippen molar-refractivity contribution in [3.63, 3.8) is 0 Å². The Morgan fingerprint density at radius 1 is 1.18 bits per heavy atom. The summed E-state index contributed by atoms with van der Waals surface area (Å²) in [5.41, 5.74) is 3.67. The monoisotopic (exact) mass is 393 g/mol. The van der Waals surface area contributed by atoms with E-state index in [1.54, 1.807) is 11.3 Å². The van der Waals surface area contributed by atoms with E-state index in [0.717, 1.165) is 56.0 Å². The molecule has 1 N–H and O–H groups in total. The highest BCUT2D eigenvalue weighted by molar-refractivity contribution is 7.22. The topological polar surface area (TPSA) is 45.2 Å².